The molecule has 4 atom stereocenters. The number of amides is 2. The maximum atomic E-state index is 13.3. The molecule has 0 spiro atoms. The molecular formula is C20H20N2O5. The summed E-state index contributed by atoms with van der Waals surface area (Å²) in [6, 6.07) is 11.6. The van der Waals surface area contributed by atoms with Crippen molar-refractivity contribution < 1.29 is 23.5 Å². The summed E-state index contributed by atoms with van der Waals surface area (Å²) in [5, 5.41) is 3.21. The van der Waals surface area contributed by atoms with E-state index in [4.69, 9.17) is 9.15 Å². The number of carbonyl (C=O) groups excluding carboxylic acids is 3. The zero-order chi connectivity index (χ0) is 19.2. The summed E-state index contributed by atoms with van der Waals surface area (Å²) < 4.78 is 10.5. The molecule has 3 heterocycles. The van der Waals surface area contributed by atoms with Crippen LogP contribution < -0.4 is 10.2 Å². The molecule has 0 aliphatic carbocycles. The Morgan fingerprint density at radius 2 is 1.93 bits per heavy atom. The van der Waals surface area contributed by atoms with E-state index in [0.29, 0.717) is 17.9 Å². The largest absolute Gasteiger partial charge is 0.468 e. The summed E-state index contributed by atoms with van der Waals surface area (Å²) in [6.07, 6.45) is 1.81. The molecule has 2 saturated heterocycles. The molecular weight excluding hydrogens is 348 g/mol. The van der Waals surface area contributed by atoms with Gasteiger partial charge in [-0.15, -0.1) is 0 Å². The number of esters is 1. The number of hydrogen-bond acceptors (Lipinski definition) is 6. The molecule has 140 valence electrons. The first kappa shape index (κ1) is 17.5. The second-order valence-electron chi connectivity index (χ2n) is 6.80. The van der Waals surface area contributed by atoms with Crippen molar-refractivity contribution in [1.82, 2.24) is 5.32 Å². The first-order valence-corrected chi connectivity index (χ1v) is 8.87. The van der Waals surface area contributed by atoms with Gasteiger partial charge >= 0.3 is 5.97 Å². The lowest BCUT2D eigenvalue weighted by molar-refractivity contribution is -0.152. The SMILES string of the molecule is CC[C@]1(C(=O)OC)N[C@H](c2ccco2)[C@H]2C(=O)N(c3ccccc3)C(=O)[C@@H]21. The van der Waals surface area contributed by atoms with Crippen LogP contribution in [0.1, 0.15) is 25.1 Å². The van der Waals surface area contributed by atoms with E-state index in [2.05, 4.69) is 5.32 Å². The molecule has 7 heteroatoms. The third kappa shape index (κ3) is 2.35. The minimum atomic E-state index is -1.28. The van der Waals surface area contributed by atoms with Gasteiger partial charge in [-0.05, 0) is 30.7 Å². The van der Waals surface area contributed by atoms with Gasteiger partial charge in [-0.3, -0.25) is 19.7 Å². The summed E-state index contributed by atoms with van der Waals surface area (Å²) in [7, 11) is 1.28. The Hall–Kier alpha value is -2.93. The summed E-state index contributed by atoms with van der Waals surface area (Å²) >= 11 is 0. The third-order valence-corrected chi connectivity index (χ3v) is 5.63. The second kappa shape index (κ2) is 6.35. The number of rotatable bonds is 4. The average Bonchev–Trinajstić information content (AvgIpc) is 3.39. The van der Waals surface area contributed by atoms with Crippen molar-refractivity contribution in [2.45, 2.75) is 24.9 Å². The number of ether oxygens (including phenoxy) is 1. The van der Waals surface area contributed by atoms with Crippen LogP contribution in [0.4, 0.5) is 5.69 Å². The molecule has 1 aromatic carbocycles. The lowest BCUT2D eigenvalue weighted by Crippen LogP contribution is -2.55. The van der Waals surface area contributed by atoms with E-state index in [1.807, 2.05) is 6.07 Å². The summed E-state index contributed by atoms with van der Waals surface area (Å²) in [5.74, 6) is -2.39. The first-order chi connectivity index (χ1) is 13.0. The number of benzene rings is 1. The van der Waals surface area contributed by atoms with Crippen molar-refractivity contribution in [2.75, 3.05) is 12.0 Å². The number of hydrogen-bond donors (Lipinski definition) is 1. The highest BCUT2D eigenvalue weighted by Gasteiger charge is 2.68. The molecule has 7 nitrogen and oxygen atoms in total. The number of para-hydroxylation sites is 1. The average molecular weight is 368 g/mol. The van der Waals surface area contributed by atoms with Gasteiger partial charge in [0.05, 0.1) is 36.9 Å². The standard InChI is InChI=1S/C20H20N2O5/c1-3-20(19(25)26-2)15-14(16(21-20)13-10-7-11-27-13)17(23)22(18(15)24)12-8-5-4-6-9-12/h4-11,14-16,21H,3H2,1-2H3/t14-,15+,16+,20-/m0/s1. The highest BCUT2D eigenvalue weighted by atomic mass is 16.5. The van der Waals surface area contributed by atoms with Gasteiger partial charge in [-0.2, -0.15) is 0 Å². The van der Waals surface area contributed by atoms with Crippen LogP contribution in [0.15, 0.2) is 53.1 Å². The second-order valence-corrected chi connectivity index (χ2v) is 6.80. The zero-order valence-corrected chi connectivity index (χ0v) is 15.0. The minimum absolute atomic E-state index is 0.305. The monoisotopic (exact) mass is 368 g/mol. The number of nitrogens with zero attached hydrogens (tertiary/aromatic N) is 1. The molecule has 0 saturated carbocycles. The lowest BCUT2D eigenvalue weighted by Gasteiger charge is -2.31. The number of nitrogens with one attached hydrogen (secondary N) is 1. The fourth-order valence-corrected chi connectivity index (χ4v) is 4.38. The molecule has 2 aromatic rings. The smallest absolute Gasteiger partial charge is 0.326 e. The normalized spacial score (nSPS) is 29.9. The molecule has 4 rings (SSSR count). The van der Waals surface area contributed by atoms with Gasteiger partial charge in [-0.25, -0.2) is 4.90 Å². The van der Waals surface area contributed by atoms with E-state index in [9.17, 15) is 14.4 Å². The quantitative estimate of drug-likeness (QED) is 0.656. The van der Waals surface area contributed by atoms with Gasteiger partial charge in [0, 0.05) is 0 Å². The number of anilines is 1. The molecule has 1 N–H and O–H groups in total. The van der Waals surface area contributed by atoms with E-state index in [0.717, 1.165) is 0 Å². The van der Waals surface area contributed by atoms with Crippen LogP contribution in [0, 0.1) is 11.8 Å². The van der Waals surface area contributed by atoms with Crippen molar-refractivity contribution in [2.24, 2.45) is 11.8 Å². The molecule has 2 aliphatic rings. The molecule has 0 radical (unpaired) electrons. The van der Waals surface area contributed by atoms with Gasteiger partial charge in [-0.1, -0.05) is 25.1 Å². The third-order valence-electron chi connectivity index (χ3n) is 5.63. The van der Waals surface area contributed by atoms with Gasteiger partial charge in [0.2, 0.25) is 11.8 Å². The summed E-state index contributed by atoms with van der Waals surface area (Å²) in [6.45, 7) is 1.80. The Bertz CT molecular complexity index is 879. The number of methoxy groups -OCH3 is 1. The maximum absolute atomic E-state index is 13.3. The van der Waals surface area contributed by atoms with Gasteiger partial charge in [0.1, 0.15) is 11.3 Å². The lowest BCUT2D eigenvalue weighted by atomic mass is 9.78. The van der Waals surface area contributed by atoms with E-state index in [1.54, 1.807) is 43.3 Å². The molecule has 2 aliphatic heterocycles. The Morgan fingerprint density at radius 1 is 1.19 bits per heavy atom. The van der Waals surface area contributed by atoms with Crippen LogP contribution >= 0.6 is 0 Å². The number of furan rings is 1. The van der Waals surface area contributed by atoms with E-state index in [-0.39, 0.29) is 5.91 Å². The van der Waals surface area contributed by atoms with Crippen LogP contribution in [-0.4, -0.2) is 30.4 Å². The van der Waals surface area contributed by atoms with Crippen molar-refractivity contribution >= 4 is 23.5 Å². The van der Waals surface area contributed by atoms with Crippen molar-refractivity contribution in [3.05, 3.63) is 54.5 Å². The molecule has 1 aromatic heterocycles. The summed E-state index contributed by atoms with van der Waals surface area (Å²) in [4.78, 5) is 40.5. The number of imide groups is 1. The highest BCUT2D eigenvalue weighted by molar-refractivity contribution is 6.24. The molecule has 0 unspecified atom stereocenters. The van der Waals surface area contributed by atoms with Gasteiger partial charge < -0.3 is 9.15 Å². The van der Waals surface area contributed by atoms with Gasteiger partial charge in [0.15, 0.2) is 0 Å². The minimum Gasteiger partial charge on any atom is -0.468 e. The van der Waals surface area contributed by atoms with Crippen LogP contribution in [0.3, 0.4) is 0 Å². The zero-order valence-electron chi connectivity index (χ0n) is 15.0. The topological polar surface area (TPSA) is 88.8 Å². The predicted molar refractivity (Wildman–Crippen MR) is 95.5 cm³/mol. The Balaban J connectivity index is 1.85. The fraction of sp³-hybridized carbons (Fsp3) is 0.350. The Kier molecular flexibility index (Phi) is 4.11. The fourth-order valence-electron chi connectivity index (χ4n) is 4.38. The van der Waals surface area contributed by atoms with Crippen LogP contribution in [0.25, 0.3) is 0 Å². The predicted octanol–water partition coefficient (Wildman–Crippen LogP) is 2.05. The van der Waals surface area contributed by atoms with Gasteiger partial charge in [0.25, 0.3) is 0 Å². The van der Waals surface area contributed by atoms with E-state index in [1.165, 1.54) is 18.3 Å². The van der Waals surface area contributed by atoms with Crippen LogP contribution in [0.2, 0.25) is 0 Å². The van der Waals surface area contributed by atoms with E-state index < -0.39 is 35.3 Å². The molecule has 2 fully saturated rings. The molecule has 27 heavy (non-hydrogen) atoms. The first-order valence-electron chi connectivity index (χ1n) is 8.87. The number of carbonyl (C=O) groups is 3. The summed E-state index contributed by atoms with van der Waals surface area (Å²) in [5.41, 5.74) is -0.789. The molecule has 2 amide bonds. The Labute approximate surface area is 156 Å². The highest BCUT2D eigenvalue weighted by Crippen LogP contribution is 2.51. The molecule has 0 bridgehead atoms. The maximum Gasteiger partial charge on any atom is 0.326 e. The van der Waals surface area contributed by atoms with Crippen LogP contribution in [-0.2, 0) is 19.1 Å². The van der Waals surface area contributed by atoms with Crippen molar-refractivity contribution in [3.8, 4) is 0 Å². The van der Waals surface area contributed by atoms with Crippen molar-refractivity contribution in [1.29, 1.82) is 0 Å². The van der Waals surface area contributed by atoms with E-state index >= 15 is 0 Å². The Morgan fingerprint density at radius 3 is 2.52 bits per heavy atom. The van der Waals surface area contributed by atoms with Crippen LogP contribution in [0.5, 0.6) is 0 Å². The van der Waals surface area contributed by atoms with Crippen molar-refractivity contribution in [3.63, 3.8) is 0 Å². The number of fused-ring (bicyclic) bond motifs is 1.